The SMILES string of the molecule is CC(=O)O[C@@H](C)C(=O)C#N. The van der Waals surface area contributed by atoms with Gasteiger partial charge in [0.15, 0.2) is 6.10 Å². The van der Waals surface area contributed by atoms with E-state index in [9.17, 15) is 9.59 Å². The number of carbonyl (C=O) groups is 2. The van der Waals surface area contributed by atoms with E-state index in [0.717, 1.165) is 0 Å². The molecule has 0 aromatic carbocycles. The van der Waals surface area contributed by atoms with E-state index in [-0.39, 0.29) is 0 Å². The number of hydrogen-bond donors (Lipinski definition) is 0. The molecular formula is C6H7NO3. The Hall–Kier alpha value is -1.37. The van der Waals surface area contributed by atoms with Gasteiger partial charge in [-0.25, -0.2) is 0 Å². The molecule has 0 unspecified atom stereocenters. The quantitative estimate of drug-likeness (QED) is 0.402. The highest BCUT2D eigenvalue weighted by Crippen LogP contribution is 1.91. The lowest BCUT2D eigenvalue weighted by molar-refractivity contribution is -0.150. The van der Waals surface area contributed by atoms with Crippen LogP contribution >= 0.6 is 0 Å². The first-order valence-electron chi connectivity index (χ1n) is 2.69. The van der Waals surface area contributed by atoms with E-state index in [0.29, 0.717) is 0 Å². The average Bonchev–Trinajstić information content (AvgIpc) is 1.85. The van der Waals surface area contributed by atoms with E-state index in [1.54, 1.807) is 0 Å². The zero-order chi connectivity index (χ0) is 8.15. The van der Waals surface area contributed by atoms with Crippen molar-refractivity contribution in [3.63, 3.8) is 0 Å². The molecular weight excluding hydrogens is 134 g/mol. The van der Waals surface area contributed by atoms with Crippen LogP contribution in [0.25, 0.3) is 0 Å². The number of nitrogens with zero attached hydrogens (tertiary/aromatic N) is 1. The van der Waals surface area contributed by atoms with Crippen LogP contribution in [0.4, 0.5) is 0 Å². The Morgan fingerprint density at radius 3 is 2.40 bits per heavy atom. The molecule has 54 valence electrons. The zero-order valence-corrected chi connectivity index (χ0v) is 5.75. The standard InChI is InChI=1S/C6H7NO3/c1-4(6(9)3-7)10-5(2)8/h4H,1-2H3/t4-/m0/s1. The Balaban J connectivity index is 3.88. The van der Waals surface area contributed by atoms with Gasteiger partial charge < -0.3 is 4.74 Å². The van der Waals surface area contributed by atoms with Crippen molar-refractivity contribution in [2.45, 2.75) is 20.0 Å². The number of hydrogen-bond acceptors (Lipinski definition) is 4. The largest absolute Gasteiger partial charge is 0.454 e. The van der Waals surface area contributed by atoms with Crippen molar-refractivity contribution in [1.82, 2.24) is 0 Å². The summed E-state index contributed by atoms with van der Waals surface area (Å²) in [5.41, 5.74) is 0. The highest BCUT2D eigenvalue weighted by Gasteiger charge is 2.13. The van der Waals surface area contributed by atoms with Crippen LogP contribution in [0.15, 0.2) is 0 Å². The van der Waals surface area contributed by atoms with Crippen LogP contribution in [0.5, 0.6) is 0 Å². The third-order valence-electron chi connectivity index (χ3n) is 0.822. The van der Waals surface area contributed by atoms with Gasteiger partial charge in [-0.05, 0) is 6.92 Å². The number of carbonyl (C=O) groups excluding carboxylic acids is 2. The smallest absolute Gasteiger partial charge is 0.303 e. The molecule has 10 heavy (non-hydrogen) atoms. The predicted octanol–water partition coefficient (Wildman–Crippen LogP) is 0.0307. The van der Waals surface area contributed by atoms with Crippen molar-refractivity contribution in [3.05, 3.63) is 0 Å². The summed E-state index contributed by atoms with van der Waals surface area (Å²) < 4.78 is 4.39. The zero-order valence-electron chi connectivity index (χ0n) is 5.75. The fourth-order valence-corrected chi connectivity index (χ4v) is 0.393. The summed E-state index contributed by atoms with van der Waals surface area (Å²) in [4.78, 5) is 20.6. The number of esters is 1. The second-order valence-corrected chi connectivity index (χ2v) is 1.73. The van der Waals surface area contributed by atoms with Crippen molar-refractivity contribution >= 4 is 11.8 Å². The Morgan fingerprint density at radius 1 is 1.60 bits per heavy atom. The summed E-state index contributed by atoms with van der Waals surface area (Å²) in [6, 6.07) is 1.35. The van der Waals surface area contributed by atoms with Crippen LogP contribution in [0.3, 0.4) is 0 Å². The van der Waals surface area contributed by atoms with Gasteiger partial charge in [0, 0.05) is 6.92 Å². The molecule has 0 radical (unpaired) electrons. The Kier molecular flexibility index (Phi) is 3.12. The molecule has 0 saturated heterocycles. The van der Waals surface area contributed by atoms with Gasteiger partial charge in [-0.2, -0.15) is 5.26 Å². The van der Waals surface area contributed by atoms with E-state index in [4.69, 9.17) is 5.26 Å². The summed E-state index contributed by atoms with van der Waals surface area (Å²) in [5, 5.41) is 8.03. The first-order valence-corrected chi connectivity index (χ1v) is 2.69. The van der Waals surface area contributed by atoms with Crippen molar-refractivity contribution in [2.75, 3.05) is 0 Å². The second-order valence-electron chi connectivity index (χ2n) is 1.73. The molecule has 0 aromatic rings. The van der Waals surface area contributed by atoms with Crippen LogP contribution in [-0.2, 0) is 14.3 Å². The molecule has 0 aliphatic carbocycles. The van der Waals surface area contributed by atoms with Crippen molar-refractivity contribution in [1.29, 1.82) is 5.26 Å². The lowest BCUT2D eigenvalue weighted by Crippen LogP contribution is -2.21. The first kappa shape index (κ1) is 8.63. The lowest BCUT2D eigenvalue weighted by atomic mass is 10.3. The lowest BCUT2D eigenvalue weighted by Gasteiger charge is -2.03. The molecule has 0 saturated carbocycles. The van der Waals surface area contributed by atoms with E-state index in [1.807, 2.05) is 0 Å². The Bertz CT molecular complexity index is 192. The fourth-order valence-electron chi connectivity index (χ4n) is 0.393. The molecule has 4 nitrogen and oxygen atoms in total. The van der Waals surface area contributed by atoms with Crippen LogP contribution in [0.2, 0.25) is 0 Å². The highest BCUT2D eigenvalue weighted by molar-refractivity contribution is 5.97. The monoisotopic (exact) mass is 141 g/mol. The van der Waals surface area contributed by atoms with Gasteiger partial charge in [0.1, 0.15) is 6.07 Å². The number of nitriles is 1. The maximum Gasteiger partial charge on any atom is 0.303 e. The maximum absolute atomic E-state index is 10.4. The summed E-state index contributed by atoms with van der Waals surface area (Å²) in [6.45, 7) is 2.54. The minimum atomic E-state index is -0.942. The molecule has 0 heterocycles. The van der Waals surface area contributed by atoms with Crippen LogP contribution < -0.4 is 0 Å². The van der Waals surface area contributed by atoms with Crippen molar-refractivity contribution < 1.29 is 14.3 Å². The first-order chi connectivity index (χ1) is 4.57. The molecule has 0 aliphatic rings. The number of Topliss-reactive ketones (excluding diaryl/α,β-unsaturated/α-hetero) is 1. The van der Waals surface area contributed by atoms with Crippen LogP contribution in [-0.4, -0.2) is 17.9 Å². The van der Waals surface area contributed by atoms with Gasteiger partial charge in [0.25, 0.3) is 5.78 Å². The Labute approximate surface area is 58.4 Å². The molecule has 0 N–H and O–H groups in total. The van der Waals surface area contributed by atoms with E-state index in [2.05, 4.69) is 4.74 Å². The van der Waals surface area contributed by atoms with E-state index in [1.165, 1.54) is 19.9 Å². The molecule has 0 aromatic heterocycles. The van der Waals surface area contributed by atoms with E-state index < -0.39 is 17.9 Å². The minimum absolute atomic E-state index is 0.559. The van der Waals surface area contributed by atoms with Gasteiger partial charge in [-0.15, -0.1) is 0 Å². The van der Waals surface area contributed by atoms with Crippen molar-refractivity contribution in [2.24, 2.45) is 0 Å². The maximum atomic E-state index is 10.4. The third-order valence-corrected chi connectivity index (χ3v) is 0.822. The fraction of sp³-hybridized carbons (Fsp3) is 0.500. The topological polar surface area (TPSA) is 67.2 Å². The molecule has 0 spiro atoms. The normalized spacial score (nSPS) is 11.3. The summed E-state index contributed by atoms with van der Waals surface area (Å²) in [5.74, 6) is -1.30. The highest BCUT2D eigenvalue weighted by atomic mass is 16.5. The van der Waals surface area contributed by atoms with Gasteiger partial charge in [0.2, 0.25) is 0 Å². The summed E-state index contributed by atoms with van der Waals surface area (Å²) in [7, 11) is 0. The number of ether oxygens (including phenoxy) is 1. The molecule has 0 amide bonds. The van der Waals surface area contributed by atoms with Crippen LogP contribution in [0, 0.1) is 11.3 Å². The van der Waals surface area contributed by atoms with Gasteiger partial charge in [-0.1, -0.05) is 0 Å². The molecule has 0 fully saturated rings. The Morgan fingerprint density at radius 2 is 2.10 bits per heavy atom. The predicted molar refractivity (Wildman–Crippen MR) is 31.8 cm³/mol. The minimum Gasteiger partial charge on any atom is -0.454 e. The number of ketones is 1. The molecule has 0 aliphatic heterocycles. The molecule has 0 rings (SSSR count). The summed E-state index contributed by atoms with van der Waals surface area (Å²) >= 11 is 0. The summed E-state index contributed by atoms with van der Waals surface area (Å²) in [6.07, 6.45) is -0.942. The third kappa shape index (κ3) is 2.82. The molecule has 0 bridgehead atoms. The number of rotatable bonds is 2. The van der Waals surface area contributed by atoms with Gasteiger partial charge in [-0.3, -0.25) is 9.59 Å². The van der Waals surface area contributed by atoms with Crippen LogP contribution in [0.1, 0.15) is 13.8 Å². The van der Waals surface area contributed by atoms with Gasteiger partial charge >= 0.3 is 5.97 Å². The average molecular weight is 141 g/mol. The van der Waals surface area contributed by atoms with E-state index >= 15 is 0 Å². The molecule has 1 atom stereocenters. The van der Waals surface area contributed by atoms with Crippen molar-refractivity contribution in [3.8, 4) is 6.07 Å². The van der Waals surface area contributed by atoms with Gasteiger partial charge in [0.05, 0.1) is 0 Å². The molecule has 4 heteroatoms. The second kappa shape index (κ2) is 3.62.